The van der Waals surface area contributed by atoms with E-state index >= 15 is 0 Å². The summed E-state index contributed by atoms with van der Waals surface area (Å²) in [6.45, 7) is 5.12. The number of amides is 1. The molecule has 3 atom stereocenters. The molecule has 0 aromatic heterocycles. The molecule has 0 radical (unpaired) electrons. The van der Waals surface area contributed by atoms with Gasteiger partial charge in [0.15, 0.2) is 0 Å². The van der Waals surface area contributed by atoms with Gasteiger partial charge in [0.1, 0.15) is 0 Å². The first-order chi connectivity index (χ1) is 9.78. The second-order valence-electron chi connectivity index (χ2n) is 6.76. The fourth-order valence-electron chi connectivity index (χ4n) is 4.01. The molecule has 114 valence electrons. The molecule has 0 bridgehead atoms. The average molecular weight is 279 g/mol. The van der Waals surface area contributed by atoms with E-state index in [1.54, 1.807) is 0 Å². The van der Waals surface area contributed by atoms with Gasteiger partial charge in [-0.15, -0.1) is 0 Å². The van der Waals surface area contributed by atoms with Gasteiger partial charge in [-0.3, -0.25) is 9.69 Å². The topological polar surface area (TPSA) is 44.4 Å². The first-order valence-electron chi connectivity index (χ1n) is 8.55. The molecule has 1 saturated heterocycles. The van der Waals surface area contributed by atoms with Gasteiger partial charge < -0.3 is 10.6 Å². The number of fused-ring (bicyclic) bond motifs is 1. The summed E-state index contributed by atoms with van der Waals surface area (Å²) in [6, 6.07) is 1.47. The fraction of sp³-hybridized carbons (Fsp3) is 0.938. The molecule has 1 aliphatic heterocycles. The minimum atomic E-state index is 0.0686. The van der Waals surface area contributed by atoms with Crippen molar-refractivity contribution < 1.29 is 4.79 Å². The van der Waals surface area contributed by atoms with Crippen LogP contribution in [0.1, 0.15) is 51.9 Å². The SMILES string of the molecule is CCN(CCNC(=O)C1CC2CCCCC2N1)C1CC1. The third-order valence-corrected chi connectivity index (χ3v) is 5.35. The Balaban J connectivity index is 1.38. The predicted octanol–water partition coefficient (Wildman–Crippen LogP) is 1.51. The second-order valence-corrected chi connectivity index (χ2v) is 6.76. The lowest BCUT2D eigenvalue weighted by Crippen LogP contribution is -2.45. The molecule has 2 saturated carbocycles. The van der Waals surface area contributed by atoms with Crippen LogP contribution in [-0.4, -0.2) is 48.6 Å². The number of carbonyl (C=O) groups excluding carboxylic acids is 1. The normalized spacial score (nSPS) is 33.2. The van der Waals surface area contributed by atoms with Gasteiger partial charge in [0, 0.05) is 25.2 Å². The van der Waals surface area contributed by atoms with Gasteiger partial charge in [-0.05, 0) is 44.6 Å². The Bertz CT molecular complexity index is 329. The van der Waals surface area contributed by atoms with Crippen LogP contribution in [0.15, 0.2) is 0 Å². The van der Waals surface area contributed by atoms with Crippen LogP contribution in [0.3, 0.4) is 0 Å². The van der Waals surface area contributed by atoms with Crippen molar-refractivity contribution >= 4 is 5.91 Å². The summed E-state index contributed by atoms with van der Waals surface area (Å²) in [5.41, 5.74) is 0. The van der Waals surface area contributed by atoms with E-state index in [-0.39, 0.29) is 11.9 Å². The quantitative estimate of drug-likeness (QED) is 0.774. The summed E-state index contributed by atoms with van der Waals surface area (Å²) in [4.78, 5) is 14.7. The minimum absolute atomic E-state index is 0.0686. The number of hydrogen-bond donors (Lipinski definition) is 2. The average Bonchev–Trinajstić information content (AvgIpc) is 3.21. The van der Waals surface area contributed by atoms with Crippen molar-refractivity contribution in [2.75, 3.05) is 19.6 Å². The van der Waals surface area contributed by atoms with Crippen molar-refractivity contribution in [3.63, 3.8) is 0 Å². The van der Waals surface area contributed by atoms with Gasteiger partial charge in [0.05, 0.1) is 6.04 Å². The van der Waals surface area contributed by atoms with Crippen molar-refractivity contribution in [1.82, 2.24) is 15.5 Å². The highest BCUT2D eigenvalue weighted by atomic mass is 16.2. The lowest BCUT2D eigenvalue weighted by molar-refractivity contribution is -0.122. The number of hydrogen-bond acceptors (Lipinski definition) is 3. The Kier molecular flexibility index (Phi) is 4.61. The molecule has 0 spiro atoms. The standard InChI is InChI=1S/C16H29N3O/c1-2-19(13-7-8-13)10-9-17-16(20)15-11-12-5-3-4-6-14(12)18-15/h12-15,18H,2-11H2,1H3,(H,17,20). The first kappa shape index (κ1) is 14.3. The van der Waals surface area contributed by atoms with Crippen LogP contribution in [0.2, 0.25) is 0 Å². The number of nitrogens with one attached hydrogen (secondary N) is 2. The van der Waals surface area contributed by atoms with E-state index in [9.17, 15) is 4.79 Å². The minimum Gasteiger partial charge on any atom is -0.353 e. The molecule has 4 nitrogen and oxygen atoms in total. The largest absolute Gasteiger partial charge is 0.353 e. The number of rotatable bonds is 6. The molecule has 2 aliphatic carbocycles. The van der Waals surface area contributed by atoms with Crippen molar-refractivity contribution in [1.29, 1.82) is 0 Å². The molecular weight excluding hydrogens is 250 g/mol. The van der Waals surface area contributed by atoms with Gasteiger partial charge in [-0.1, -0.05) is 19.8 Å². The highest BCUT2D eigenvalue weighted by Crippen LogP contribution is 2.33. The van der Waals surface area contributed by atoms with Gasteiger partial charge in [-0.2, -0.15) is 0 Å². The molecule has 20 heavy (non-hydrogen) atoms. The lowest BCUT2D eigenvalue weighted by Gasteiger charge is -2.24. The Morgan fingerprint density at radius 3 is 2.75 bits per heavy atom. The highest BCUT2D eigenvalue weighted by Gasteiger charge is 2.38. The predicted molar refractivity (Wildman–Crippen MR) is 80.6 cm³/mol. The Morgan fingerprint density at radius 1 is 1.25 bits per heavy atom. The van der Waals surface area contributed by atoms with Crippen LogP contribution >= 0.6 is 0 Å². The van der Waals surface area contributed by atoms with E-state index in [0.717, 1.165) is 38.0 Å². The van der Waals surface area contributed by atoms with Crippen LogP contribution in [0.5, 0.6) is 0 Å². The van der Waals surface area contributed by atoms with Crippen LogP contribution in [0, 0.1) is 5.92 Å². The van der Waals surface area contributed by atoms with E-state index in [1.807, 2.05) is 0 Å². The monoisotopic (exact) mass is 279 g/mol. The van der Waals surface area contributed by atoms with E-state index < -0.39 is 0 Å². The molecule has 3 unspecified atom stereocenters. The molecule has 2 N–H and O–H groups in total. The van der Waals surface area contributed by atoms with Crippen LogP contribution in [0.25, 0.3) is 0 Å². The fourth-order valence-corrected chi connectivity index (χ4v) is 4.01. The summed E-state index contributed by atoms with van der Waals surface area (Å²) in [5, 5.41) is 6.69. The van der Waals surface area contributed by atoms with Crippen LogP contribution in [0.4, 0.5) is 0 Å². The summed E-state index contributed by atoms with van der Waals surface area (Å²) in [5.74, 6) is 0.976. The third-order valence-electron chi connectivity index (χ3n) is 5.35. The maximum absolute atomic E-state index is 12.3. The van der Waals surface area contributed by atoms with Crippen LogP contribution in [-0.2, 0) is 4.79 Å². The van der Waals surface area contributed by atoms with Crippen LogP contribution < -0.4 is 10.6 Å². The Hall–Kier alpha value is -0.610. The van der Waals surface area contributed by atoms with Gasteiger partial charge in [0.25, 0.3) is 0 Å². The van der Waals surface area contributed by atoms with Crippen molar-refractivity contribution in [2.45, 2.75) is 70.0 Å². The second kappa shape index (κ2) is 6.44. The molecule has 1 amide bonds. The number of likely N-dealkylation sites (N-methyl/N-ethyl adjacent to an activating group) is 1. The van der Waals surface area contributed by atoms with E-state index in [1.165, 1.54) is 38.5 Å². The Morgan fingerprint density at radius 2 is 2.05 bits per heavy atom. The molecule has 4 heteroatoms. The van der Waals surface area contributed by atoms with Crippen molar-refractivity contribution in [3.05, 3.63) is 0 Å². The third kappa shape index (κ3) is 3.34. The lowest BCUT2D eigenvalue weighted by atomic mass is 9.85. The molecule has 3 rings (SSSR count). The zero-order valence-electron chi connectivity index (χ0n) is 12.7. The van der Waals surface area contributed by atoms with E-state index in [4.69, 9.17) is 0 Å². The molecule has 0 aromatic carbocycles. The zero-order chi connectivity index (χ0) is 13.9. The summed E-state index contributed by atoms with van der Waals surface area (Å²) in [6.07, 6.45) is 8.99. The summed E-state index contributed by atoms with van der Waals surface area (Å²) in [7, 11) is 0. The van der Waals surface area contributed by atoms with Gasteiger partial charge >= 0.3 is 0 Å². The zero-order valence-corrected chi connectivity index (χ0v) is 12.7. The van der Waals surface area contributed by atoms with E-state index in [0.29, 0.717) is 6.04 Å². The summed E-state index contributed by atoms with van der Waals surface area (Å²) < 4.78 is 0. The molecule has 3 fully saturated rings. The Labute approximate surface area is 122 Å². The van der Waals surface area contributed by atoms with Crippen molar-refractivity contribution in [3.8, 4) is 0 Å². The van der Waals surface area contributed by atoms with Gasteiger partial charge in [-0.25, -0.2) is 0 Å². The smallest absolute Gasteiger partial charge is 0.237 e. The molecular formula is C16H29N3O. The number of carbonyl (C=O) groups is 1. The van der Waals surface area contributed by atoms with Gasteiger partial charge in [0.2, 0.25) is 5.91 Å². The highest BCUT2D eigenvalue weighted by molar-refractivity contribution is 5.82. The maximum Gasteiger partial charge on any atom is 0.237 e. The van der Waals surface area contributed by atoms with E-state index in [2.05, 4.69) is 22.5 Å². The maximum atomic E-state index is 12.3. The molecule has 0 aromatic rings. The number of nitrogens with zero attached hydrogens (tertiary/aromatic N) is 1. The molecule has 1 heterocycles. The molecule has 3 aliphatic rings. The van der Waals surface area contributed by atoms with Crippen molar-refractivity contribution in [2.24, 2.45) is 5.92 Å². The first-order valence-corrected chi connectivity index (χ1v) is 8.55. The summed E-state index contributed by atoms with van der Waals surface area (Å²) >= 11 is 0.